The van der Waals surface area contributed by atoms with E-state index in [-0.39, 0.29) is 5.91 Å². The summed E-state index contributed by atoms with van der Waals surface area (Å²) < 4.78 is 0. The van der Waals surface area contributed by atoms with Crippen LogP contribution in [0.25, 0.3) is 0 Å². The first-order valence-corrected chi connectivity index (χ1v) is 10.2. The van der Waals surface area contributed by atoms with Gasteiger partial charge in [-0.05, 0) is 56.0 Å². The van der Waals surface area contributed by atoms with Crippen LogP contribution in [0.3, 0.4) is 0 Å². The second kappa shape index (κ2) is 7.96. The van der Waals surface area contributed by atoms with Crippen molar-refractivity contribution in [2.45, 2.75) is 26.3 Å². The summed E-state index contributed by atoms with van der Waals surface area (Å²) in [5.41, 5.74) is 3.45. The summed E-state index contributed by atoms with van der Waals surface area (Å²) in [5.74, 6) is -0.487. The van der Waals surface area contributed by atoms with Crippen molar-refractivity contribution in [2.24, 2.45) is 0 Å². The molecule has 3 amide bonds. The summed E-state index contributed by atoms with van der Waals surface area (Å²) in [6.45, 7) is 3.90. The maximum absolute atomic E-state index is 13.0. The minimum Gasteiger partial charge on any atom is -0.324 e. The maximum atomic E-state index is 13.0. The van der Waals surface area contributed by atoms with Crippen molar-refractivity contribution < 1.29 is 14.4 Å². The highest BCUT2D eigenvalue weighted by atomic mass is 32.2. The Morgan fingerprint density at radius 2 is 1.70 bits per heavy atom. The number of carbonyl (C=O) groups is 3. The Labute approximate surface area is 163 Å². The Balaban J connectivity index is 1.89. The van der Waals surface area contributed by atoms with Crippen LogP contribution in [0.2, 0.25) is 0 Å². The monoisotopic (exact) mass is 382 g/mol. The summed E-state index contributed by atoms with van der Waals surface area (Å²) in [7, 11) is 0. The van der Waals surface area contributed by atoms with Crippen molar-refractivity contribution >= 4 is 35.2 Å². The fourth-order valence-corrected chi connectivity index (χ4v) is 3.73. The van der Waals surface area contributed by atoms with Crippen LogP contribution in [0.1, 0.15) is 38.3 Å². The van der Waals surface area contributed by atoms with E-state index in [1.165, 1.54) is 0 Å². The van der Waals surface area contributed by atoms with Gasteiger partial charge in [-0.25, -0.2) is 0 Å². The number of nitrogens with one attached hydrogen (secondary N) is 1. The minimum absolute atomic E-state index is 0.342. The summed E-state index contributed by atoms with van der Waals surface area (Å²) in [4.78, 5) is 39.7. The predicted molar refractivity (Wildman–Crippen MR) is 108 cm³/mol. The zero-order valence-corrected chi connectivity index (χ0v) is 16.4. The second-order valence-electron chi connectivity index (χ2n) is 6.63. The molecule has 3 rings (SSSR count). The molecule has 0 aliphatic carbocycles. The SMILES string of the molecule is CSCC[C@H](C(=O)Nc1ccc(C)cc1C)N1C(=O)c2ccccc2C1=O. The molecule has 0 aromatic heterocycles. The van der Waals surface area contributed by atoms with Crippen molar-refractivity contribution in [3.8, 4) is 0 Å². The van der Waals surface area contributed by atoms with E-state index in [9.17, 15) is 14.4 Å². The summed E-state index contributed by atoms with van der Waals surface area (Å²) in [6, 6.07) is 11.6. The molecule has 27 heavy (non-hydrogen) atoms. The van der Waals surface area contributed by atoms with Crippen molar-refractivity contribution in [3.63, 3.8) is 0 Å². The summed E-state index contributed by atoms with van der Waals surface area (Å²) in [5, 5.41) is 2.90. The van der Waals surface area contributed by atoms with Gasteiger partial charge in [0.25, 0.3) is 11.8 Å². The first kappa shape index (κ1) is 19.2. The minimum atomic E-state index is -0.842. The number of hydrogen-bond donors (Lipinski definition) is 1. The van der Waals surface area contributed by atoms with Gasteiger partial charge in [-0.2, -0.15) is 11.8 Å². The quantitative estimate of drug-likeness (QED) is 0.775. The van der Waals surface area contributed by atoms with Crippen LogP contribution in [-0.2, 0) is 4.79 Å². The highest BCUT2D eigenvalue weighted by Gasteiger charge is 2.42. The average molecular weight is 382 g/mol. The fraction of sp³-hybridized carbons (Fsp3) is 0.286. The van der Waals surface area contributed by atoms with Crippen molar-refractivity contribution in [3.05, 3.63) is 64.7 Å². The van der Waals surface area contributed by atoms with Crippen LogP contribution >= 0.6 is 11.8 Å². The van der Waals surface area contributed by atoms with E-state index in [1.54, 1.807) is 36.0 Å². The Hall–Kier alpha value is -2.60. The summed E-state index contributed by atoms with van der Waals surface area (Å²) in [6.07, 6.45) is 2.34. The third-order valence-corrected chi connectivity index (χ3v) is 5.32. The van der Waals surface area contributed by atoms with Gasteiger partial charge in [0.05, 0.1) is 11.1 Å². The largest absolute Gasteiger partial charge is 0.324 e. The van der Waals surface area contributed by atoms with Crippen molar-refractivity contribution in [1.29, 1.82) is 0 Å². The number of aryl methyl sites for hydroxylation is 2. The highest BCUT2D eigenvalue weighted by molar-refractivity contribution is 7.98. The molecule has 1 aliphatic rings. The maximum Gasteiger partial charge on any atom is 0.262 e. The van der Waals surface area contributed by atoms with Crippen LogP contribution in [0.4, 0.5) is 5.69 Å². The van der Waals surface area contributed by atoms with Gasteiger partial charge >= 0.3 is 0 Å². The van der Waals surface area contributed by atoms with E-state index in [0.29, 0.717) is 29.0 Å². The highest BCUT2D eigenvalue weighted by Crippen LogP contribution is 2.27. The number of thioether (sulfide) groups is 1. The van der Waals surface area contributed by atoms with E-state index in [4.69, 9.17) is 0 Å². The molecule has 0 bridgehead atoms. The lowest BCUT2D eigenvalue weighted by Gasteiger charge is -2.25. The van der Waals surface area contributed by atoms with Crippen LogP contribution in [0.5, 0.6) is 0 Å². The third kappa shape index (κ3) is 3.76. The van der Waals surface area contributed by atoms with Gasteiger partial charge in [-0.3, -0.25) is 19.3 Å². The zero-order valence-electron chi connectivity index (χ0n) is 15.6. The predicted octanol–water partition coefficient (Wildman–Crippen LogP) is 3.66. The Kier molecular flexibility index (Phi) is 5.65. The number of amides is 3. The fourth-order valence-electron chi connectivity index (χ4n) is 3.27. The number of hydrogen-bond acceptors (Lipinski definition) is 4. The molecule has 0 radical (unpaired) electrons. The van der Waals surface area contributed by atoms with E-state index >= 15 is 0 Å². The molecule has 140 valence electrons. The van der Waals surface area contributed by atoms with Crippen LogP contribution in [0, 0.1) is 13.8 Å². The third-order valence-electron chi connectivity index (χ3n) is 4.67. The van der Waals surface area contributed by atoms with Gasteiger partial charge in [-0.1, -0.05) is 29.8 Å². The van der Waals surface area contributed by atoms with Crippen LogP contribution in [0.15, 0.2) is 42.5 Å². The van der Waals surface area contributed by atoms with E-state index in [2.05, 4.69) is 5.32 Å². The lowest BCUT2D eigenvalue weighted by Crippen LogP contribution is -2.47. The Morgan fingerprint density at radius 1 is 1.07 bits per heavy atom. The van der Waals surface area contributed by atoms with Gasteiger partial charge in [-0.15, -0.1) is 0 Å². The molecule has 0 saturated heterocycles. The van der Waals surface area contributed by atoms with Crippen LogP contribution < -0.4 is 5.32 Å². The smallest absolute Gasteiger partial charge is 0.262 e. The molecule has 1 heterocycles. The first-order valence-electron chi connectivity index (χ1n) is 8.78. The molecule has 0 spiro atoms. The van der Waals surface area contributed by atoms with Gasteiger partial charge in [0.1, 0.15) is 6.04 Å². The first-order chi connectivity index (χ1) is 12.9. The number of rotatable bonds is 6. The topological polar surface area (TPSA) is 66.5 Å². The molecule has 2 aromatic carbocycles. The van der Waals surface area contributed by atoms with Crippen LogP contribution in [-0.4, -0.2) is 40.7 Å². The van der Waals surface area contributed by atoms with Crippen molar-refractivity contribution in [2.75, 3.05) is 17.3 Å². The molecular weight excluding hydrogens is 360 g/mol. The standard InChI is InChI=1S/C21H22N2O3S/c1-13-8-9-17(14(2)12-13)22-19(24)18(10-11-27-3)23-20(25)15-6-4-5-7-16(15)21(23)26/h4-9,12,18H,10-11H2,1-3H3,(H,22,24)/t18-/m1/s1. The molecule has 0 fully saturated rings. The Bertz CT molecular complexity index is 875. The van der Waals surface area contributed by atoms with Gasteiger partial charge in [0.15, 0.2) is 0 Å². The molecule has 1 atom stereocenters. The molecule has 0 saturated carbocycles. The number of nitrogens with zero attached hydrogens (tertiary/aromatic N) is 1. The lowest BCUT2D eigenvalue weighted by molar-refractivity contribution is -0.120. The average Bonchev–Trinajstić information content (AvgIpc) is 2.90. The number of fused-ring (bicyclic) bond motifs is 1. The summed E-state index contributed by atoms with van der Waals surface area (Å²) >= 11 is 1.57. The second-order valence-corrected chi connectivity index (χ2v) is 7.62. The lowest BCUT2D eigenvalue weighted by atomic mass is 10.1. The number of anilines is 1. The molecule has 5 nitrogen and oxygen atoms in total. The number of imide groups is 1. The van der Waals surface area contributed by atoms with Gasteiger partial charge in [0, 0.05) is 5.69 Å². The molecule has 6 heteroatoms. The normalized spacial score (nSPS) is 14.3. The van der Waals surface area contributed by atoms with Crippen molar-refractivity contribution in [1.82, 2.24) is 4.90 Å². The zero-order chi connectivity index (χ0) is 19.6. The van der Waals surface area contributed by atoms with Gasteiger partial charge < -0.3 is 5.32 Å². The molecule has 1 N–H and O–H groups in total. The van der Waals surface area contributed by atoms with E-state index in [0.717, 1.165) is 16.0 Å². The molecule has 1 aliphatic heterocycles. The molecular formula is C21H22N2O3S. The van der Waals surface area contributed by atoms with E-state index < -0.39 is 17.9 Å². The van der Waals surface area contributed by atoms with Gasteiger partial charge in [0.2, 0.25) is 5.91 Å². The Morgan fingerprint density at radius 3 is 2.26 bits per heavy atom. The number of carbonyl (C=O) groups excluding carboxylic acids is 3. The van der Waals surface area contributed by atoms with E-state index in [1.807, 2.05) is 38.3 Å². The molecule has 2 aromatic rings. The molecule has 0 unspecified atom stereocenters. The number of benzene rings is 2.